The lowest BCUT2D eigenvalue weighted by atomic mass is 9.87. The van der Waals surface area contributed by atoms with Gasteiger partial charge in [-0.3, -0.25) is 0 Å². The van der Waals surface area contributed by atoms with Crippen LogP contribution in [0.4, 0.5) is 17.5 Å². The molecule has 0 saturated carbocycles. The molecule has 0 aliphatic carbocycles. The SMILES string of the molecule is CCCN(CCC)c1cc(C)nc(Nc2ccc(C(C)(C)C)cc2)n1. The van der Waals surface area contributed by atoms with Crippen molar-refractivity contribution in [3.05, 3.63) is 41.6 Å². The number of hydrogen-bond acceptors (Lipinski definition) is 4. The molecule has 2 aromatic rings. The van der Waals surface area contributed by atoms with E-state index >= 15 is 0 Å². The Labute approximate surface area is 152 Å². The smallest absolute Gasteiger partial charge is 0.229 e. The van der Waals surface area contributed by atoms with E-state index < -0.39 is 0 Å². The minimum absolute atomic E-state index is 0.159. The summed E-state index contributed by atoms with van der Waals surface area (Å²) < 4.78 is 0. The Hall–Kier alpha value is -2.10. The quantitative estimate of drug-likeness (QED) is 0.727. The number of aryl methyl sites for hydroxylation is 1. The summed E-state index contributed by atoms with van der Waals surface area (Å²) in [6, 6.07) is 10.6. The molecule has 0 bridgehead atoms. The summed E-state index contributed by atoms with van der Waals surface area (Å²) in [6.45, 7) is 15.1. The molecule has 1 aromatic carbocycles. The van der Waals surface area contributed by atoms with E-state index in [-0.39, 0.29) is 5.41 Å². The third kappa shape index (κ3) is 5.45. The van der Waals surface area contributed by atoms with Gasteiger partial charge in [-0.25, -0.2) is 4.98 Å². The van der Waals surface area contributed by atoms with Gasteiger partial charge >= 0.3 is 0 Å². The van der Waals surface area contributed by atoms with E-state index in [0.717, 1.165) is 43.1 Å². The zero-order valence-electron chi connectivity index (χ0n) is 16.6. The maximum Gasteiger partial charge on any atom is 0.229 e. The molecule has 0 fully saturated rings. The average molecular weight is 341 g/mol. The summed E-state index contributed by atoms with van der Waals surface area (Å²) in [6.07, 6.45) is 2.22. The summed E-state index contributed by atoms with van der Waals surface area (Å²) in [5.74, 6) is 1.67. The first-order chi connectivity index (χ1) is 11.8. The van der Waals surface area contributed by atoms with Crippen LogP contribution in [0.15, 0.2) is 30.3 Å². The van der Waals surface area contributed by atoms with Gasteiger partial charge < -0.3 is 10.2 Å². The topological polar surface area (TPSA) is 41.1 Å². The third-order valence-corrected chi connectivity index (χ3v) is 4.16. The van der Waals surface area contributed by atoms with Crippen LogP contribution in [0.5, 0.6) is 0 Å². The summed E-state index contributed by atoms with van der Waals surface area (Å²) in [5, 5.41) is 3.35. The second kappa shape index (κ2) is 8.32. The fourth-order valence-corrected chi connectivity index (χ4v) is 2.83. The molecule has 0 radical (unpaired) electrons. The van der Waals surface area contributed by atoms with Crippen molar-refractivity contribution in [2.24, 2.45) is 0 Å². The summed E-state index contributed by atoms with van der Waals surface area (Å²) >= 11 is 0. The molecule has 1 N–H and O–H groups in total. The first-order valence-corrected chi connectivity index (χ1v) is 9.31. The average Bonchev–Trinajstić information content (AvgIpc) is 2.54. The maximum absolute atomic E-state index is 4.74. The predicted octanol–water partition coefficient (Wildman–Crippen LogP) is 5.45. The minimum atomic E-state index is 0.159. The van der Waals surface area contributed by atoms with Crippen molar-refractivity contribution < 1.29 is 0 Å². The Morgan fingerprint density at radius 1 is 0.960 bits per heavy atom. The highest BCUT2D eigenvalue weighted by Crippen LogP contribution is 2.25. The van der Waals surface area contributed by atoms with Gasteiger partial charge in [0, 0.05) is 30.5 Å². The van der Waals surface area contributed by atoms with Crippen LogP contribution >= 0.6 is 0 Å². The Bertz CT molecular complexity index is 665. The number of aromatic nitrogens is 2. The van der Waals surface area contributed by atoms with Gasteiger partial charge in [0.2, 0.25) is 5.95 Å². The second-order valence-corrected chi connectivity index (χ2v) is 7.63. The molecule has 136 valence electrons. The van der Waals surface area contributed by atoms with Crippen LogP contribution in [0.2, 0.25) is 0 Å². The molecule has 0 spiro atoms. The molecule has 1 aromatic heterocycles. The summed E-state index contributed by atoms with van der Waals surface area (Å²) in [4.78, 5) is 11.6. The van der Waals surface area contributed by atoms with Gasteiger partial charge in [-0.05, 0) is 42.9 Å². The fraction of sp³-hybridized carbons (Fsp3) is 0.524. The molecule has 0 unspecified atom stereocenters. The number of benzene rings is 1. The lowest BCUT2D eigenvalue weighted by Gasteiger charge is -2.23. The van der Waals surface area contributed by atoms with Crippen molar-refractivity contribution in [2.45, 2.75) is 59.8 Å². The van der Waals surface area contributed by atoms with Crippen molar-refractivity contribution in [1.29, 1.82) is 0 Å². The molecule has 1 heterocycles. The molecule has 25 heavy (non-hydrogen) atoms. The van der Waals surface area contributed by atoms with E-state index in [1.807, 2.05) is 6.92 Å². The zero-order valence-corrected chi connectivity index (χ0v) is 16.6. The van der Waals surface area contributed by atoms with Crippen LogP contribution < -0.4 is 10.2 Å². The van der Waals surface area contributed by atoms with Crippen molar-refractivity contribution in [2.75, 3.05) is 23.3 Å². The standard InChI is InChI=1S/C21H32N4/c1-7-13-25(14-8-2)19-15-16(3)22-20(24-19)23-18-11-9-17(10-12-18)21(4,5)6/h9-12,15H,7-8,13-14H2,1-6H3,(H,22,23,24). The van der Waals surface area contributed by atoms with E-state index in [1.54, 1.807) is 0 Å². The highest BCUT2D eigenvalue weighted by atomic mass is 15.2. The van der Waals surface area contributed by atoms with Crippen LogP contribution in [0.25, 0.3) is 0 Å². The van der Waals surface area contributed by atoms with Gasteiger partial charge in [0.1, 0.15) is 5.82 Å². The Morgan fingerprint density at radius 2 is 1.56 bits per heavy atom. The highest BCUT2D eigenvalue weighted by molar-refractivity contribution is 5.56. The number of nitrogens with zero attached hydrogens (tertiary/aromatic N) is 3. The molecule has 4 heteroatoms. The van der Waals surface area contributed by atoms with E-state index in [4.69, 9.17) is 4.98 Å². The molecular weight excluding hydrogens is 308 g/mol. The molecule has 0 aliphatic rings. The monoisotopic (exact) mass is 340 g/mol. The molecular formula is C21H32N4. The van der Waals surface area contributed by atoms with Crippen LogP contribution in [0.1, 0.15) is 58.7 Å². The number of hydrogen-bond donors (Lipinski definition) is 1. The maximum atomic E-state index is 4.74. The second-order valence-electron chi connectivity index (χ2n) is 7.63. The van der Waals surface area contributed by atoms with Crippen molar-refractivity contribution in [3.63, 3.8) is 0 Å². The van der Waals surface area contributed by atoms with Crippen molar-refractivity contribution in [1.82, 2.24) is 9.97 Å². The third-order valence-electron chi connectivity index (χ3n) is 4.16. The van der Waals surface area contributed by atoms with Crippen LogP contribution in [0, 0.1) is 6.92 Å². The highest BCUT2D eigenvalue weighted by Gasteiger charge is 2.13. The van der Waals surface area contributed by atoms with Gasteiger partial charge in [-0.2, -0.15) is 4.98 Å². The minimum Gasteiger partial charge on any atom is -0.356 e. The van der Waals surface area contributed by atoms with Crippen LogP contribution in [-0.4, -0.2) is 23.1 Å². The van der Waals surface area contributed by atoms with Gasteiger partial charge in [-0.15, -0.1) is 0 Å². The van der Waals surface area contributed by atoms with Gasteiger partial charge in [0.05, 0.1) is 0 Å². The Morgan fingerprint density at radius 3 is 2.08 bits per heavy atom. The Kier molecular flexibility index (Phi) is 6.40. The van der Waals surface area contributed by atoms with Gasteiger partial charge in [0.25, 0.3) is 0 Å². The van der Waals surface area contributed by atoms with E-state index in [2.05, 4.69) is 80.2 Å². The molecule has 2 rings (SSSR count). The number of anilines is 3. The zero-order chi connectivity index (χ0) is 18.4. The molecule has 0 amide bonds. The lowest BCUT2D eigenvalue weighted by Crippen LogP contribution is -2.26. The number of nitrogens with one attached hydrogen (secondary N) is 1. The Balaban J connectivity index is 2.22. The van der Waals surface area contributed by atoms with E-state index in [1.165, 1.54) is 5.56 Å². The summed E-state index contributed by atoms with van der Waals surface area (Å²) in [7, 11) is 0. The normalized spacial score (nSPS) is 11.4. The van der Waals surface area contributed by atoms with Gasteiger partial charge in [0.15, 0.2) is 0 Å². The first-order valence-electron chi connectivity index (χ1n) is 9.31. The lowest BCUT2D eigenvalue weighted by molar-refractivity contribution is 0.590. The molecule has 4 nitrogen and oxygen atoms in total. The predicted molar refractivity (Wildman–Crippen MR) is 108 cm³/mol. The van der Waals surface area contributed by atoms with Crippen LogP contribution in [-0.2, 0) is 5.41 Å². The van der Waals surface area contributed by atoms with Crippen molar-refractivity contribution >= 4 is 17.5 Å². The first kappa shape index (κ1) is 19.2. The van der Waals surface area contributed by atoms with Gasteiger partial charge in [-0.1, -0.05) is 46.8 Å². The molecule has 0 saturated heterocycles. The van der Waals surface area contributed by atoms with Crippen LogP contribution in [0.3, 0.4) is 0 Å². The molecule has 0 aliphatic heterocycles. The number of rotatable bonds is 7. The van der Waals surface area contributed by atoms with E-state index in [9.17, 15) is 0 Å². The fourth-order valence-electron chi connectivity index (χ4n) is 2.83. The van der Waals surface area contributed by atoms with E-state index in [0.29, 0.717) is 5.95 Å². The molecule has 0 atom stereocenters. The largest absolute Gasteiger partial charge is 0.356 e. The summed E-state index contributed by atoms with van der Waals surface area (Å²) in [5.41, 5.74) is 3.48. The van der Waals surface area contributed by atoms with Crippen molar-refractivity contribution in [3.8, 4) is 0 Å².